The van der Waals surface area contributed by atoms with Gasteiger partial charge in [-0.1, -0.05) is 36.4 Å². The van der Waals surface area contributed by atoms with E-state index in [2.05, 4.69) is 0 Å². The van der Waals surface area contributed by atoms with Crippen molar-refractivity contribution in [3.8, 4) is 11.5 Å². The van der Waals surface area contributed by atoms with Crippen molar-refractivity contribution in [3.05, 3.63) is 59.7 Å². The molecular formula is C16H20ClNO3. The monoisotopic (exact) mass is 309 g/mol. The van der Waals surface area contributed by atoms with Crippen LogP contribution in [0.5, 0.6) is 11.5 Å². The Labute approximate surface area is 130 Å². The second kappa shape index (κ2) is 8.52. The van der Waals surface area contributed by atoms with Gasteiger partial charge in [-0.25, -0.2) is 0 Å². The van der Waals surface area contributed by atoms with Crippen LogP contribution in [-0.2, 0) is 6.61 Å². The first kappa shape index (κ1) is 17.3. The molecule has 4 nitrogen and oxygen atoms in total. The molecule has 0 amide bonds. The fraction of sp³-hybridized carbons (Fsp3) is 0.250. The van der Waals surface area contributed by atoms with Crippen LogP contribution in [0, 0.1) is 0 Å². The molecule has 114 valence electrons. The number of halogens is 1. The van der Waals surface area contributed by atoms with Crippen LogP contribution in [0.4, 0.5) is 0 Å². The molecule has 5 heteroatoms. The molecule has 0 aliphatic heterocycles. The number of hydrogen-bond acceptors (Lipinski definition) is 4. The SMILES string of the molecule is COc1cc([C@@H](N)CO)ccc1OCc1ccccc1.Cl. The van der Waals surface area contributed by atoms with Crippen molar-refractivity contribution in [2.45, 2.75) is 12.6 Å². The van der Waals surface area contributed by atoms with Crippen molar-refractivity contribution >= 4 is 12.4 Å². The number of nitrogens with two attached hydrogens (primary N) is 1. The van der Waals surface area contributed by atoms with Gasteiger partial charge in [0.15, 0.2) is 11.5 Å². The highest BCUT2D eigenvalue weighted by Crippen LogP contribution is 2.30. The molecule has 0 aromatic heterocycles. The molecule has 0 bridgehead atoms. The molecular weight excluding hydrogens is 290 g/mol. The molecule has 0 fully saturated rings. The predicted molar refractivity (Wildman–Crippen MR) is 85.0 cm³/mol. The molecule has 0 heterocycles. The molecule has 2 aromatic rings. The molecule has 21 heavy (non-hydrogen) atoms. The third-order valence-electron chi connectivity index (χ3n) is 3.05. The van der Waals surface area contributed by atoms with Gasteiger partial charge in [0.1, 0.15) is 6.61 Å². The molecule has 0 saturated carbocycles. The lowest BCUT2D eigenvalue weighted by atomic mass is 10.1. The summed E-state index contributed by atoms with van der Waals surface area (Å²) in [6.07, 6.45) is 0. The highest BCUT2D eigenvalue weighted by atomic mass is 35.5. The van der Waals surface area contributed by atoms with Crippen molar-refractivity contribution in [1.82, 2.24) is 0 Å². The van der Waals surface area contributed by atoms with Gasteiger partial charge in [0.05, 0.1) is 19.8 Å². The van der Waals surface area contributed by atoms with E-state index < -0.39 is 6.04 Å². The van der Waals surface area contributed by atoms with E-state index in [1.54, 1.807) is 13.2 Å². The first-order valence-corrected chi connectivity index (χ1v) is 6.45. The Hall–Kier alpha value is -1.75. The topological polar surface area (TPSA) is 64.7 Å². The maximum absolute atomic E-state index is 9.08. The van der Waals surface area contributed by atoms with Gasteiger partial charge in [-0.05, 0) is 23.3 Å². The third kappa shape index (κ3) is 4.63. The average molecular weight is 310 g/mol. The van der Waals surface area contributed by atoms with Crippen LogP contribution < -0.4 is 15.2 Å². The van der Waals surface area contributed by atoms with Crippen LogP contribution >= 0.6 is 12.4 Å². The largest absolute Gasteiger partial charge is 0.493 e. The number of ether oxygens (including phenoxy) is 2. The average Bonchev–Trinajstić information content (AvgIpc) is 2.53. The summed E-state index contributed by atoms with van der Waals surface area (Å²) in [6, 6.07) is 14.9. The number of rotatable bonds is 6. The number of benzene rings is 2. The lowest BCUT2D eigenvalue weighted by molar-refractivity contribution is 0.266. The fourth-order valence-corrected chi connectivity index (χ4v) is 1.87. The minimum absolute atomic E-state index is 0. The van der Waals surface area contributed by atoms with Gasteiger partial charge in [0.2, 0.25) is 0 Å². The van der Waals surface area contributed by atoms with E-state index in [4.69, 9.17) is 20.3 Å². The summed E-state index contributed by atoms with van der Waals surface area (Å²) in [6.45, 7) is 0.371. The Kier molecular flexibility index (Phi) is 7.02. The summed E-state index contributed by atoms with van der Waals surface area (Å²) >= 11 is 0. The van der Waals surface area contributed by atoms with Gasteiger partial charge >= 0.3 is 0 Å². The number of aliphatic hydroxyl groups excluding tert-OH is 1. The Balaban J connectivity index is 0.00000220. The third-order valence-corrected chi connectivity index (χ3v) is 3.05. The summed E-state index contributed by atoms with van der Waals surface area (Å²) in [4.78, 5) is 0. The molecule has 0 aliphatic rings. The molecule has 0 aliphatic carbocycles. The minimum Gasteiger partial charge on any atom is -0.493 e. The van der Waals surface area contributed by atoms with Crippen LogP contribution in [0.3, 0.4) is 0 Å². The van der Waals surface area contributed by atoms with E-state index in [-0.39, 0.29) is 19.0 Å². The first-order chi connectivity index (χ1) is 9.74. The summed E-state index contributed by atoms with van der Waals surface area (Å²) in [5, 5.41) is 9.08. The van der Waals surface area contributed by atoms with Gasteiger partial charge in [-0.2, -0.15) is 0 Å². The molecule has 0 unspecified atom stereocenters. The maximum atomic E-state index is 9.08. The quantitative estimate of drug-likeness (QED) is 0.861. The van der Waals surface area contributed by atoms with Crippen molar-refractivity contribution in [2.24, 2.45) is 5.73 Å². The normalized spacial score (nSPS) is 11.4. The summed E-state index contributed by atoms with van der Waals surface area (Å²) in [5.74, 6) is 1.27. The summed E-state index contributed by atoms with van der Waals surface area (Å²) in [5.41, 5.74) is 7.69. The second-order valence-corrected chi connectivity index (χ2v) is 4.47. The molecule has 2 aromatic carbocycles. The summed E-state index contributed by atoms with van der Waals surface area (Å²) in [7, 11) is 1.58. The van der Waals surface area contributed by atoms with Crippen molar-refractivity contribution in [3.63, 3.8) is 0 Å². The molecule has 0 saturated heterocycles. The molecule has 1 atom stereocenters. The van der Waals surface area contributed by atoms with Crippen molar-refractivity contribution < 1.29 is 14.6 Å². The number of aliphatic hydroxyl groups is 1. The molecule has 0 spiro atoms. The van der Waals surface area contributed by atoms with E-state index in [0.717, 1.165) is 11.1 Å². The van der Waals surface area contributed by atoms with Gasteiger partial charge < -0.3 is 20.3 Å². The smallest absolute Gasteiger partial charge is 0.161 e. The van der Waals surface area contributed by atoms with Gasteiger partial charge in [0, 0.05) is 0 Å². The van der Waals surface area contributed by atoms with Crippen LogP contribution in [0.15, 0.2) is 48.5 Å². The zero-order valence-electron chi connectivity index (χ0n) is 11.9. The zero-order valence-corrected chi connectivity index (χ0v) is 12.7. The number of hydrogen-bond donors (Lipinski definition) is 2. The van der Waals surface area contributed by atoms with E-state index >= 15 is 0 Å². The van der Waals surface area contributed by atoms with Crippen LogP contribution in [0.2, 0.25) is 0 Å². The first-order valence-electron chi connectivity index (χ1n) is 6.45. The Morgan fingerprint density at radius 1 is 1.10 bits per heavy atom. The lowest BCUT2D eigenvalue weighted by Gasteiger charge is -2.14. The molecule has 0 radical (unpaired) electrons. The van der Waals surface area contributed by atoms with Gasteiger partial charge in [-0.15, -0.1) is 12.4 Å². The summed E-state index contributed by atoms with van der Waals surface area (Å²) < 4.78 is 11.1. The molecule has 2 rings (SSSR count). The van der Waals surface area contributed by atoms with Crippen LogP contribution in [0.25, 0.3) is 0 Å². The van der Waals surface area contributed by atoms with Crippen molar-refractivity contribution in [1.29, 1.82) is 0 Å². The Bertz CT molecular complexity index is 548. The highest BCUT2D eigenvalue weighted by Gasteiger charge is 2.10. The van der Waals surface area contributed by atoms with E-state index in [1.807, 2.05) is 42.5 Å². The zero-order chi connectivity index (χ0) is 14.4. The lowest BCUT2D eigenvalue weighted by Crippen LogP contribution is -2.14. The standard InChI is InChI=1S/C16H19NO3.ClH/c1-19-16-9-13(14(17)10-18)7-8-15(16)20-11-12-5-3-2-4-6-12;/h2-9,14,18H,10-11,17H2,1H3;1H/t14-;/m0./s1. The van der Waals surface area contributed by atoms with Crippen LogP contribution in [-0.4, -0.2) is 18.8 Å². The van der Waals surface area contributed by atoms with Crippen molar-refractivity contribution in [2.75, 3.05) is 13.7 Å². The number of methoxy groups -OCH3 is 1. The highest BCUT2D eigenvalue weighted by molar-refractivity contribution is 5.85. The van der Waals surface area contributed by atoms with E-state index in [9.17, 15) is 0 Å². The molecule has 3 N–H and O–H groups in total. The minimum atomic E-state index is -0.410. The van der Waals surface area contributed by atoms with E-state index in [0.29, 0.717) is 18.1 Å². The van der Waals surface area contributed by atoms with Gasteiger partial charge in [0.25, 0.3) is 0 Å². The Morgan fingerprint density at radius 3 is 2.43 bits per heavy atom. The predicted octanol–water partition coefficient (Wildman–Crippen LogP) is 2.69. The Morgan fingerprint density at radius 2 is 1.81 bits per heavy atom. The van der Waals surface area contributed by atoms with Gasteiger partial charge in [-0.3, -0.25) is 0 Å². The fourth-order valence-electron chi connectivity index (χ4n) is 1.87. The van der Waals surface area contributed by atoms with Crippen LogP contribution in [0.1, 0.15) is 17.2 Å². The maximum Gasteiger partial charge on any atom is 0.161 e. The second-order valence-electron chi connectivity index (χ2n) is 4.47. The van der Waals surface area contributed by atoms with E-state index in [1.165, 1.54) is 0 Å².